The van der Waals surface area contributed by atoms with Crippen LogP contribution in [0, 0.1) is 12.3 Å². The quantitative estimate of drug-likeness (QED) is 0.434. The van der Waals surface area contributed by atoms with Crippen molar-refractivity contribution >= 4 is 34.4 Å². The number of nitrogens with zero attached hydrogens (tertiary/aromatic N) is 4. The Morgan fingerprint density at radius 3 is 2.58 bits per heavy atom. The molecule has 3 heterocycles. The Kier molecular flexibility index (Phi) is 7.83. The number of hydrogen-bond acceptors (Lipinski definition) is 4. The van der Waals surface area contributed by atoms with Crippen LogP contribution < -0.4 is 5.32 Å². The number of likely N-dealkylation sites (tertiary alicyclic amines) is 1. The number of carbonyl (C=O) groups excluding carboxylic acids is 3. The molecule has 2 aliphatic rings. The van der Waals surface area contributed by atoms with Gasteiger partial charge >= 0.3 is 6.03 Å². The summed E-state index contributed by atoms with van der Waals surface area (Å²) in [5, 5.41) is 11.2. The number of H-pyrrole nitrogens is 1. The molecule has 9 nitrogen and oxygen atoms in total. The van der Waals surface area contributed by atoms with Crippen LogP contribution in [0.2, 0.25) is 0 Å². The third-order valence-electron chi connectivity index (χ3n) is 8.01. The minimum Gasteiger partial charge on any atom is -0.343 e. The van der Waals surface area contributed by atoms with Crippen molar-refractivity contribution in [2.45, 2.75) is 72.5 Å². The van der Waals surface area contributed by atoms with Crippen LogP contribution in [0.5, 0.6) is 0 Å². The number of piperidine rings is 1. The summed E-state index contributed by atoms with van der Waals surface area (Å²) in [6.07, 6.45) is 3.66. The summed E-state index contributed by atoms with van der Waals surface area (Å²) in [6.45, 7) is 11.3. The Bertz CT molecular complexity index is 1400. The number of nitrogens with one attached hydrogen (secondary N) is 2. The molecule has 3 aromatic rings. The lowest BCUT2D eigenvalue weighted by molar-refractivity contribution is -0.138. The Morgan fingerprint density at radius 1 is 1.07 bits per heavy atom. The molecule has 5 rings (SSSR count). The molecule has 0 aliphatic carbocycles. The number of rotatable bonds is 7. The van der Waals surface area contributed by atoms with Crippen LogP contribution in [0.4, 0.5) is 10.5 Å². The highest BCUT2D eigenvalue weighted by molar-refractivity contribution is 5.92. The predicted octanol–water partition coefficient (Wildman–Crippen LogP) is 5.06. The van der Waals surface area contributed by atoms with Crippen LogP contribution in [0.1, 0.15) is 63.1 Å². The maximum atomic E-state index is 13.5. The third-order valence-corrected chi connectivity index (χ3v) is 8.01. The number of benzene rings is 2. The number of aryl methyl sites for hydroxylation is 1. The topological polar surface area (TPSA) is 102 Å². The van der Waals surface area contributed by atoms with E-state index in [1.165, 1.54) is 0 Å². The van der Waals surface area contributed by atoms with Gasteiger partial charge in [0.15, 0.2) is 0 Å². The summed E-state index contributed by atoms with van der Waals surface area (Å²) >= 11 is 0. The van der Waals surface area contributed by atoms with Crippen molar-refractivity contribution in [3.63, 3.8) is 0 Å². The van der Waals surface area contributed by atoms with Gasteiger partial charge in [0.2, 0.25) is 11.8 Å². The minimum absolute atomic E-state index is 0.00377. The third kappa shape index (κ3) is 6.13. The SMILES string of the molecule is Cc1ccc2[nH]ncc2c1CN(CC(C)(C)C)C(=O)CCC(=O)N1CCC(N2Cc3ccccc3NC2=O)CC1. The molecule has 2 aliphatic heterocycles. The largest absolute Gasteiger partial charge is 0.343 e. The van der Waals surface area contributed by atoms with Crippen LogP contribution in [0.3, 0.4) is 0 Å². The zero-order valence-electron chi connectivity index (χ0n) is 24.0. The van der Waals surface area contributed by atoms with Gasteiger partial charge in [-0.1, -0.05) is 45.0 Å². The number of hydrogen-bond donors (Lipinski definition) is 2. The van der Waals surface area contributed by atoms with Gasteiger partial charge in [-0.05, 0) is 54.0 Å². The van der Waals surface area contributed by atoms with Crippen molar-refractivity contribution in [2.24, 2.45) is 5.41 Å². The normalized spacial score (nSPS) is 16.1. The molecule has 40 heavy (non-hydrogen) atoms. The molecule has 9 heteroatoms. The van der Waals surface area contributed by atoms with Crippen molar-refractivity contribution in [1.29, 1.82) is 0 Å². The van der Waals surface area contributed by atoms with E-state index in [9.17, 15) is 14.4 Å². The van der Waals surface area contributed by atoms with Crippen molar-refractivity contribution in [1.82, 2.24) is 24.9 Å². The number of para-hydroxylation sites is 1. The van der Waals surface area contributed by atoms with Gasteiger partial charge in [0, 0.05) is 62.7 Å². The van der Waals surface area contributed by atoms with E-state index in [2.05, 4.69) is 49.3 Å². The molecule has 1 saturated heterocycles. The zero-order valence-corrected chi connectivity index (χ0v) is 24.0. The number of urea groups is 1. The molecule has 0 bridgehead atoms. The first-order chi connectivity index (χ1) is 19.1. The van der Waals surface area contributed by atoms with Crippen molar-refractivity contribution < 1.29 is 14.4 Å². The number of aromatic nitrogens is 2. The molecule has 2 aromatic carbocycles. The van der Waals surface area contributed by atoms with E-state index in [4.69, 9.17) is 0 Å². The lowest BCUT2D eigenvalue weighted by atomic mass is 9.94. The van der Waals surface area contributed by atoms with E-state index < -0.39 is 0 Å². The Hall–Kier alpha value is -3.88. The number of aromatic amines is 1. The summed E-state index contributed by atoms with van der Waals surface area (Å²) < 4.78 is 0. The van der Waals surface area contributed by atoms with Gasteiger partial charge in [-0.25, -0.2) is 4.79 Å². The van der Waals surface area contributed by atoms with Crippen molar-refractivity contribution in [3.05, 3.63) is 59.3 Å². The molecule has 0 unspecified atom stereocenters. The Labute approximate surface area is 235 Å². The molecule has 0 spiro atoms. The Morgan fingerprint density at radius 2 is 1.82 bits per heavy atom. The van der Waals surface area contributed by atoms with Gasteiger partial charge in [0.05, 0.1) is 11.7 Å². The summed E-state index contributed by atoms with van der Waals surface area (Å²) in [5.41, 5.74) is 5.05. The van der Waals surface area contributed by atoms with E-state index >= 15 is 0 Å². The van der Waals surface area contributed by atoms with Crippen molar-refractivity contribution in [3.8, 4) is 0 Å². The molecule has 4 amide bonds. The van der Waals surface area contributed by atoms with E-state index in [0.29, 0.717) is 32.7 Å². The zero-order chi connectivity index (χ0) is 28.4. The summed E-state index contributed by atoms with van der Waals surface area (Å²) in [4.78, 5) is 44.9. The second-order valence-corrected chi connectivity index (χ2v) is 12.3. The van der Waals surface area contributed by atoms with Gasteiger partial charge in [0.25, 0.3) is 0 Å². The van der Waals surface area contributed by atoms with Gasteiger partial charge in [-0.2, -0.15) is 5.10 Å². The number of carbonyl (C=O) groups is 3. The van der Waals surface area contributed by atoms with Crippen LogP contribution >= 0.6 is 0 Å². The highest BCUT2D eigenvalue weighted by atomic mass is 16.2. The molecule has 1 fully saturated rings. The van der Waals surface area contributed by atoms with E-state index in [1.807, 2.05) is 51.2 Å². The van der Waals surface area contributed by atoms with E-state index in [-0.39, 0.29) is 42.1 Å². The fraction of sp³-hybridized carbons (Fsp3) is 0.484. The monoisotopic (exact) mass is 544 g/mol. The molecule has 212 valence electrons. The van der Waals surface area contributed by atoms with Crippen LogP contribution in [-0.2, 0) is 22.7 Å². The summed E-state index contributed by atoms with van der Waals surface area (Å²) in [6, 6.07) is 12.0. The lowest BCUT2D eigenvalue weighted by Crippen LogP contribution is -2.51. The fourth-order valence-electron chi connectivity index (χ4n) is 5.86. The molecule has 0 saturated carbocycles. The molecule has 0 radical (unpaired) electrons. The molecule has 0 atom stereocenters. The lowest BCUT2D eigenvalue weighted by Gasteiger charge is -2.40. The second kappa shape index (κ2) is 11.3. The predicted molar refractivity (Wildman–Crippen MR) is 156 cm³/mol. The average molecular weight is 545 g/mol. The standard InChI is InChI=1S/C31H40N6O3/c1-21-9-10-27-24(17-32-34-27)25(21)19-36(20-31(2,3)4)29(39)12-11-28(38)35-15-13-23(14-16-35)37-18-22-7-5-6-8-26(22)33-30(37)40/h5-10,17,23H,11-16,18-20H2,1-4H3,(H,32,34)(H,33,40). The van der Waals surface area contributed by atoms with Gasteiger partial charge in [-0.3, -0.25) is 14.7 Å². The van der Waals surface area contributed by atoms with Crippen LogP contribution in [0.25, 0.3) is 10.9 Å². The number of anilines is 1. The average Bonchev–Trinajstić information content (AvgIpc) is 3.41. The van der Waals surface area contributed by atoms with Gasteiger partial charge in [0.1, 0.15) is 0 Å². The Balaban J connectivity index is 1.17. The summed E-state index contributed by atoms with van der Waals surface area (Å²) in [7, 11) is 0. The maximum Gasteiger partial charge on any atom is 0.322 e. The molecular weight excluding hydrogens is 504 g/mol. The second-order valence-electron chi connectivity index (χ2n) is 12.3. The first-order valence-electron chi connectivity index (χ1n) is 14.2. The van der Waals surface area contributed by atoms with E-state index in [1.54, 1.807) is 0 Å². The van der Waals surface area contributed by atoms with Crippen LogP contribution in [0.15, 0.2) is 42.6 Å². The smallest absolute Gasteiger partial charge is 0.322 e. The van der Waals surface area contributed by atoms with Gasteiger partial charge in [-0.15, -0.1) is 0 Å². The molecule has 1 aromatic heterocycles. The fourth-order valence-corrected chi connectivity index (χ4v) is 5.86. The highest BCUT2D eigenvalue weighted by Crippen LogP contribution is 2.28. The van der Waals surface area contributed by atoms with Crippen molar-refractivity contribution in [2.75, 3.05) is 25.0 Å². The first kappa shape index (κ1) is 27.7. The molecule has 2 N–H and O–H groups in total. The maximum absolute atomic E-state index is 13.5. The number of amides is 4. The van der Waals surface area contributed by atoms with E-state index in [0.717, 1.165) is 46.1 Å². The van der Waals surface area contributed by atoms with Gasteiger partial charge < -0.3 is 20.0 Å². The minimum atomic E-state index is -0.0823. The highest BCUT2D eigenvalue weighted by Gasteiger charge is 2.33. The summed E-state index contributed by atoms with van der Waals surface area (Å²) in [5.74, 6) is -0.00854. The molecular formula is C31H40N6O3. The van der Waals surface area contributed by atoms with Crippen LogP contribution in [-0.4, -0.2) is 68.4 Å². The number of fused-ring (bicyclic) bond motifs is 2. The first-order valence-corrected chi connectivity index (χ1v) is 14.2.